The molecule has 11 nitrogen and oxygen atoms in total. The number of halogens is 6. The van der Waals surface area contributed by atoms with Crippen molar-refractivity contribution in [2.45, 2.75) is 71.1 Å². The van der Waals surface area contributed by atoms with E-state index in [4.69, 9.17) is 34.8 Å². The molecule has 1 aromatic heterocycles. The van der Waals surface area contributed by atoms with E-state index in [1.807, 2.05) is 49.3 Å². The summed E-state index contributed by atoms with van der Waals surface area (Å²) in [6.07, 6.45) is 3.94. The first-order chi connectivity index (χ1) is 30.4. The molecule has 7 rings (SSSR count). The highest BCUT2D eigenvalue weighted by atomic mass is 35.5. The molecule has 0 bridgehead atoms. The Bertz CT molecular complexity index is 2650. The number of nitrogens with zero attached hydrogens (tertiary/aromatic N) is 5. The first-order valence-electron chi connectivity index (χ1n) is 20.5. The minimum absolute atomic E-state index is 0.0110. The zero-order valence-corrected chi connectivity index (χ0v) is 39.7. The van der Waals surface area contributed by atoms with E-state index in [1.165, 1.54) is 29.2 Å². The second kappa shape index (κ2) is 20.5. The molecule has 0 saturated carbocycles. The molecule has 2 aliphatic heterocycles. The van der Waals surface area contributed by atoms with Crippen LogP contribution in [-0.4, -0.2) is 105 Å². The lowest BCUT2D eigenvalue weighted by Gasteiger charge is -2.40. The fourth-order valence-electron chi connectivity index (χ4n) is 7.99. The number of anilines is 2. The lowest BCUT2D eigenvalue weighted by molar-refractivity contribution is -0.0435. The summed E-state index contributed by atoms with van der Waals surface area (Å²) in [6.45, 7) is 4.19. The third kappa shape index (κ3) is 11.8. The molecule has 1 fully saturated rings. The number of benzene rings is 4. The van der Waals surface area contributed by atoms with Gasteiger partial charge in [0.15, 0.2) is 0 Å². The summed E-state index contributed by atoms with van der Waals surface area (Å²) in [5.41, 5.74) is -1.37. The monoisotopic (exact) mass is 995 g/mol. The molecule has 0 spiro atoms. The Labute approximate surface area is 391 Å². The van der Waals surface area contributed by atoms with Crippen LogP contribution in [0.3, 0.4) is 0 Å². The number of thioether (sulfide) groups is 1. The number of sulfone groups is 1. The summed E-state index contributed by atoms with van der Waals surface area (Å²) in [4.78, 5) is 14.2. The van der Waals surface area contributed by atoms with Crippen molar-refractivity contribution in [3.63, 3.8) is 0 Å². The van der Waals surface area contributed by atoms with Crippen LogP contribution < -0.4 is 10.0 Å². The number of sulfonamides is 1. The highest BCUT2D eigenvalue weighted by Crippen LogP contribution is 2.38. The van der Waals surface area contributed by atoms with Crippen molar-refractivity contribution >= 4 is 77.9 Å². The maximum absolute atomic E-state index is 14.2. The Kier molecular flexibility index (Phi) is 15.4. The molecule has 2 N–H and O–H groups in total. The Hall–Kier alpha value is -3.65. The molecule has 0 radical (unpaired) electrons. The number of rotatable bonds is 16. The zero-order chi connectivity index (χ0) is 45.8. The number of nitrogens with one attached hydrogen (secondary N) is 2. The molecule has 3 heterocycles. The minimum Gasteiger partial charge on any atom is -0.380 e. The van der Waals surface area contributed by atoms with Crippen molar-refractivity contribution in [2.75, 3.05) is 56.1 Å². The van der Waals surface area contributed by atoms with Gasteiger partial charge in [-0.2, -0.15) is 13.2 Å². The summed E-state index contributed by atoms with van der Waals surface area (Å²) in [5, 5.41) is 4.46. The molecule has 0 aliphatic carbocycles. The van der Waals surface area contributed by atoms with Gasteiger partial charge in [-0.15, -0.1) is 11.8 Å². The molecule has 1 atom stereocenters. The predicted octanol–water partition coefficient (Wildman–Crippen LogP) is 9.75. The van der Waals surface area contributed by atoms with Crippen LogP contribution in [0, 0.1) is 0 Å². The average Bonchev–Trinajstić information content (AvgIpc) is 3.24. The van der Waals surface area contributed by atoms with Crippen molar-refractivity contribution in [2.24, 2.45) is 0 Å². The van der Waals surface area contributed by atoms with Gasteiger partial charge in [-0.3, -0.25) is 14.5 Å². The summed E-state index contributed by atoms with van der Waals surface area (Å²) in [6, 6.07) is 23.6. The molecule has 4 aromatic carbocycles. The number of alkyl halides is 3. The van der Waals surface area contributed by atoms with Gasteiger partial charge in [0.2, 0.25) is 0 Å². The maximum atomic E-state index is 14.2. The van der Waals surface area contributed by atoms with Crippen LogP contribution in [0.2, 0.25) is 15.1 Å². The predicted molar refractivity (Wildman–Crippen MR) is 250 cm³/mol. The van der Waals surface area contributed by atoms with E-state index in [2.05, 4.69) is 48.0 Å². The largest absolute Gasteiger partial charge is 0.501 e. The molecule has 5 aromatic rings. The van der Waals surface area contributed by atoms with Gasteiger partial charge in [0.25, 0.3) is 19.9 Å². The van der Waals surface area contributed by atoms with Gasteiger partial charge in [0, 0.05) is 63.0 Å². The number of piperidine rings is 1. The molecule has 1 saturated heterocycles. The van der Waals surface area contributed by atoms with E-state index in [1.54, 1.807) is 18.2 Å². The van der Waals surface area contributed by atoms with Crippen LogP contribution in [0.5, 0.6) is 0 Å². The van der Waals surface area contributed by atoms with Crippen LogP contribution in [-0.2, 0) is 39.4 Å². The van der Waals surface area contributed by atoms with E-state index in [0.717, 1.165) is 50.2 Å². The second-order valence-corrected chi connectivity index (χ2v) is 22.1. The number of likely N-dealkylation sites (tertiary alicyclic amines) is 1. The molecule has 0 amide bonds. The van der Waals surface area contributed by atoms with Crippen LogP contribution >= 0.6 is 46.6 Å². The third-order valence-electron chi connectivity index (χ3n) is 11.3. The third-order valence-corrected chi connectivity index (χ3v) is 16.0. The van der Waals surface area contributed by atoms with Gasteiger partial charge in [-0.1, -0.05) is 71.2 Å². The van der Waals surface area contributed by atoms with Crippen molar-refractivity contribution < 1.29 is 30.0 Å². The average molecular weight is 997 g/mol. The molecule has 64 heavy (non-hydrogen) atoms. The lowest BCUT2D eigenvalue weighted by Crippen LogP contribution is -2.46. The normalized spacial score (nSPS) is 16.1. The van der Waals surface area contributed by atoms with Gasteiger partial charge >= 0.3 is 5.51 Å². The summed E-state index contributed by atoms with van der Waals surface area (Å²) < 4.78 is 99.1. The Balaban J connectivity index is 1.04. The molecular weight excluding hydrogens is 950 g/mol. The smallest absolute Gasteiger partial charge is 0.380 e. The van der Waals surface area contributed by atoms with Crippen LogP contribution in [0.1, 0.15) is 36.1 Å². The van der Waals surface area contributed by atoms with Crippen molar-refractivity contribution in [1.82, 2.24) is 24.7 Å². The molecule has 342 valence electrons. The van der Waals surface area contributed by atoms with Gasteiger partial charge < -0.3 is 10.2 Å². The van der Waals surface area contributed by atoms with Crippen LogP contribution in [0.4, 0.5) is 24.7 Å². The van der Waals surface area contributed by atoms with Gasteiger partial charge in [-0.05, 0) is 125 Å². The Morgan fingerprint density at radius 2 is 1.58 bits per heavy atom. The Morgan fingerprint density at radius 3 is 2.27 bits per heavy atom. The fourth-order valence-corrected chi connectivity index (χ4v) is 11.9. The topological polar surface area (TPSA) is 128 Å². The second-order valence-electron chi connectivity index (χ2n) is 16.1. The Morgan fingerprint density at radius 1 is 0.875 bits per heavy atom. The highest BCUT2D eigenvalue weighted by Gasteiger charge is 2.48. The van der Waals surface area contributed by atoms with E-state index >= 15 is 0 Å². The van der Waals surface area contributed by atoms with E-state index < -0.39 is 46.9 Å². The first kappa shape index (κ1) is 48.3. The number of fused-ring (bicyclic) bond motifs is 1. The molecular formula is C44H47Cl3F3N7O4S3. The van der Waals surface area contributed by atoms with E-state index in [-0.39, 0.29) is 17.6 Å². The summed E-state index contributed by atoms with van der Waals surface area (Å²) in [5.74, 6) is 0.275. The van der Waals surface area contributed by atoms with E-state index in [9.17, 15) is 30.0 Å². The molecule has 2 aliphatic rings. The highest BCUT2D eigenvalue weighted by molar-refractivity contribution is 7.99. The number of aromatic nitrogens is 2. The van der Waals surface area contributed by atoms with Gasteiger partial charge in [0.1, 0.15) is 17.0 Å². The van der Waals surface area contributed by atoms with E-state index in [0.29, 0.717) is 69.8 Å². The van der Waals surface area contributed by atoms with Crippen molar-refractivity contribution in [3.05, 3.63) is 123 Å². The lowest BCUT2D eigenvalue weighted by atomic mass is 9.96. The minimum atomic E-state index is -6.03. The summed E-state index contributed by atoms with van der Waals surface area (Å²) >= 11 is 19.8. The van der Waals surface area contributed by atoms with Crippen molar-refractivity contribution in [1.29, 1.82) is 0 Å². The van der Waals surface area contributed by atoms with Crippen LogP contribution in [0.15, 0.2) is 106 Å². The first-order valence-corrected chi connectivity index (χ1v) is 25.6. The fraction of sp³-hybridized carbons (Fsp3) is 0.364. The number of hydrogen-bond acceptors (Lipinski definition) is 11. The van der Waals surface area contributed by atoms with Gasteiger partial charge in [0.05, 0.1) is 16.3 Å². The molecule has 0 unspecified atom stereocenters. The summed E-state index contributed by atoms with van der Waals surface area (Å²) in [7, 11) is -7.02. The van der Waals surface area contributed by atoms with Crippen molar-refractivity contribution in [3.8, 4) is 11.1 Å². The number of hydrogen-bond donors (Lipinski definition) is 2. The standard InChI is InChI=1S/C44H47Cl3F3N7O4S3/c1-55(2)17-13-34(27-62-36-22-32(46)21-33(47)23-36)53-40-12-11-37(24-42(40)63(58,59)44(48,49)50)64(60,61)54-43-39-16-20-57(26-41(39)51-28-52-43)35-14-18-56(19-15-35)25-30-5-3-4-6-38(30)29-7-9-31(45)10-8-29/h3-12,21-24,28,34-35,53H,13-20,25-27H2,1-2H3,(H,51,52,54)/t34-/m1/s1. The maximum Gasteiger partial charge on any atom is 0.501 e. The SMILES string of the molecule is CN(C)CC[C@H](CSc1cc(Cl)cc(Cl)c1)Nc1ccc(S(=O)(=O)Nc2ncnc3c2CCN(C2CCN(Cc4ccccc4-c4ccc(Cl)cc4)CC2)C3)cc1S(=O)(=O)C(F)(F)F. The zero-order valence-electron chi connectivity index (χ0n) is 35.0. The quantitative estimate of drug-likeness (QED) is 0.0918. The van der Waals surface area contributed by atoms with Gasteiger partial charge in [-0.25, -0.2) is 26.8 Å². The van der Waals surface area contributed by atoms with Crippen LogP contribution in [0.25, 0.3) is 11.1 Å². The molecule has 20 heteroatoms.